The predicted octanol–water partition coefficient (Wildman–Crippen LogP) is -0.411. The summed E-state index contributed by atoms with van der Waals surface area (Å²) in [4.78, 5) is 67.5. The molecule has 14 aromatic rings. The smallest absolute Gasteiger partial charge is 0.744 e. The van der Waals surface area contributed by atoms with Gasteiger partial charge in [0.05, 0.1) is 59.8 Å². The van der Waals surface area contributed by atoms with Gasteiger partial charge in [0.2, 0.25) is 16.2 Å². The number of nitrogens with zero attached hydrogens (tertiary/aromatic N) is 14. The first-order chi connectivity index (χ1) is 66.9. The molecule has 6 aromatic heterocycles. The number of thiazole rings is 2. The van der Waals surface area contributed by atoms with Crippen LogP contribution >= 0.6 is 91.8 Å². The van der Waals surface area contributed by atoms with Gasteiger partial charge in [-0.05, 0) is 115 Å². The normalized spacial score (nSPS) is 10.0. The molecule has 0 aliphatic rings. The van der Waals surface area contributed by atoms with Gasteiger partial charge in [-0.3, -0.25) is 19.4 Å². The molecule has 0 bridgehead atoms. The molecule has 8 N–H and O–H groups in total. The number of nitrogens with two attached hydrogens (primary N) is 1. The van der Waals surface area contributed by atoms with Crippen LogP contribution in [0.3, 0.4) is 0 Å². The average Bonchev–Trinajstić information content (AvgIpc) is 1.44. The van der Waals surface area contributed by atoms with Gasteiger partial charge in [0.1, 0.15) is 82.4 Å². The van der Waals surface area contributed by atoms with E-state index < -0.39 is 72.5 Å². The number of hydrogen-bond donors (Lipinski definition) is 7. The van der Waals surface area contributed by atoms with Crippen LogP contribution in [0, 0.1) is 84.3 Å². The summed E-state index contributed by atoms with van der Waals surface area (Å²) in [6, 6.07) is 63.1. The molecule has 724 valence electrons. The van der Waals surface area contributed by atoms with Crippen molar-refractivity contribution in [1.29, 1.82) is 21.0 Å². The third-order valence-corrected chi connectivity index (χ3v) is 23.5. The summed E-state index contributed by atoms with van der Waals surface area (Å²) in [7, 11) is -22.1. The van der Waals surface area contributed by atoms with Crippen LogP contribution in [0.2, 0.25) is 20.1 Å². The Bertz CT molecular complexity index is 8010. The molecule has 0 aliphatic heterocycles. The zero-order valence-electron chi connectivity index (χ0n) is 76.3. The number of carbonyl (C=O) groups excluding carboxylic acids is 5. The number of nitrogens with one attached hydrogen (secondary N) is 6. The number of pyridine rings is 2. The predicted molar refractivity (Wildman–Crippen MR) is 514 cm³/mol. The number of amides is 2. The second-order valence-corrected chi connectivity index (χ2v) is 35.7. The Hall–Kier alpha value is -11.4. The molecule has 65 heteroatoms. The molecular weight excluding hydrogens is 2200 g/mol. The van der Waals surface area contributed by atoms with Crippen molar-refractivity contribution in [2.75, 3.05) is 44.2 Å². The average molecular weight is 2250 g/mol. The van der Waals surface area contributed by atoms with Gasteiger partial charge in [0.15, 0.2) is 22.5 Å². The first-order valence-electron chi connectivity index (χ1n) is 37.2. The van der Waals surface area contributed by atoms with Gasteiger partial charge >= 0.3 is 183 Å². The first-order valence-corrected chi connectivity index (χ1v) is 48.8. The molecule has 0 fully saturated rings. The second kappa shape index (κ2) is 66.2. The number of rotatable bonds is 25. The van der Waals surface area contributed by atoms with Crippen molar-refractivity contribution in [3.63, 3.8) is 0 Å². The van der Waals surface area contributed by atoms with Gasteiger partial charge in [-0.2, -0.15) is 91.3 Å². The van der Waals surface area contributed by atoms with Crippen molar-refractivity contribution in [1.82, 2.24) is 19.9 Å². The van der Waals surface area contributed by atoms with Gasteiger partial charge in [-0.15, -0.1) is 134 Å². The number of azo groups is 3. The van der Waals surface area contributed by atoms with Crippen LogP contribution in [0.5, 0.6) is 0 Å². The molecule has 14 rings (SSSR count). The summed E-state index contributed by atoms with van der Waals surface area (Å²) in [5.74, 6) is 0.0566. The van der Waals surface area contributed by atoms with E-state index in [4.69, 9.17) is 112 Å². The minimum absolute atomic E-state index is 0. The summed E-state index contributed by atoms with van der Waals surface area (Å²) < 4.78 is 177. The molecule has 0 radical (unpaired) electrons. The SMILES string of the molecule is Cc1cc(Nc2c[c-]c(Cl)cc2)nc(Nc2ccc(Cl)c(S(=O)(=O)[O-])c2)c1C#N.N#Cc1c(N)sc(N=Nc2nc3ccccc3s2)c1-c1cccc(NC(=O)CCOC=O)c1.O=C=O.O=S(=O)=O.O=S(=O)=O.O=S(=O)=O.O=S(=O)=O.[CH2-]CC(=O)Nc1cccc(-c2c(N=Nc3nc4c[c-]ccc4s3)sc(N=Nc3c(Nc4c[c-]c(Cl)cc4)nc(Nc4ccc(Cl)c(S(=O)(=O)[O-])c4)c(C#N)c3C)c2C#N)c1.[HH].[Li+].[Li+].[Li+].[Li+].[Na+].[Na+]. The fourth-order valence-corrected chi connectivity index (χ4v) is 16.7. The number of anilines is 11. The quantitative estimate of drug-likeness (QED) is 0.00955. The number of nitriles is 4. The van der Waals surface area contributed by atoms with Crippen molar-refractivity contribution < 1.29 is 241 Å². The van der Waals surface area contributed by atoms with Gasteiger partial charge in [-0.1, -0.05) is 120 Å². The minimum atomic E-state index is -4.94. The summed E-state index contributed by atoms with van der Waals surface area (Å²) in [5, 5.41) is 86.6. The molecule has 6 heterocycles. The summed E-state index contributed by atoms with van der Waals surface area (Å²) in [6.07, 6.45) is 0.287. The largest absolute Gasteiger partial charge is 1.00 e. The minimum Gasteiger partial charge on any atom is -0.744 e. The molecular formula is C82H53Cl4Li4N21Na2O24S10. The number of nitrogen functional groups attached to an aromatic ring is 1. The van der Waals surface area contributed by atoms with E-state index in [1.165, 1.54) is 46.9 Å². The number of fused-ring (bicyclic) bond motifs is 2. The number of halogens is 4. The van der Waals surface area contributed by atoms with Crippen molar-refractivity contribution in [2.45, 2.75) is 36.5 Å². The standard InChI is InChI=1S/C40H24Cl2N11O4S3.C22H16N6O3S2.C19H13Cl2N4O3S.CO2.4Li.2Na.4O3S.H2/c1-3-33(54)45-25-8-6-7-22(17-25)34-28(20-44)38(59-39(34)52-53-40-48-30-9-4-5-10-31(30)58-40)51-50-35-21(2)27(19-43)36(49-37(35)46-24-13-11-23(41)12-14-24)47-26-15-16-29(42)32(18-26)60(55,56)57;23-11-15-19(13-4-3-5-14(10-13)25-18(30)8-9-31-12-29)21(33-20(15)24)27-28-22-26-16-6-1-2-7-17(16)32-22;1-11-8-18(23-13-4-2-12(20)3-5-13)25-19(15(11)10-22)24-14-6-7-16(21)17(9-14)29(26,27)28;2-1-3;;;;;;;4*1-4(2)3;/h5-11,13-18H,1,3H2,2H3,(H,45,54)(H2,46,47,49)(H,55,56,57);1-7,10,12H,8-9,24H2,(H,25,30);2,4-9H,1H3,(H2,23,24,25)(H,26,27,28);;;;;;;;;;;;1H/q-3;;-1;;6*+1;;;;;/p-2. The van der Waals surface area contributed by atoms with Crippen LogP contribution in [-0.2, 0) is 91.4 Å². The van der Waals surface area contributed by atoms with E-state index in [0.29, 0.717) is 104 Å². The van der Waals surface area contributed by atoms with E-state index in [2.05, 4.69) is 137 Å². The number of benzene rings is 8. The van der Waals surface area contributed by atoms with Crippen molar-refractivity contribution in [3.8, 4) is 46.5 Å². The fourth-order valence-electron chi connectivity index (χ4n) is 11.1. The number of para-hydroxylation sites is 1. The number of aromatic nitrogens is 4. The van der Waals surface area contributed by atoms with Gasteiger partial charge in [0.25, 0.3) is 6.47 Å². The Balaban J connectivity index is 0.00000209. The summed E-state index contributed by atoms with van der Waals surface area (Å²) in [6.45, 7) is 7.25. The monoisotopic (exact) mass is 2250 g/mol. The third kappa shape index (κ3) is 43.0. The van der Waals surface area contributed by atoms with Gasteiger partial charge in [-0.25, -0.2) is 31.8 Å². The Kier molecular flexibility index (Phi) is 60.2. The number of aryl methyl sites for hydroxylation is 1. The maximum atomic E-state index is 12.2. The van der Waals surface area contributed by atoms with E-state index in [9.17, 15) is 61.4 Å². The summed E-state index contributed by atoms with van der Waals surface area (Å²) in [5.41, 5.74) is 13.8. The van der Waals surface area contributed by atoms with E-state index in [0.717, 1.165) is 49.7 Å². The van der Waals surface area contributed by atoms with Crippen molar-refractivity contribution in [2.24, 2.45) is 30.7 Å². The van der Waals surface area contributed by atoms with Crippen LogP contribution in [0.25, 0.3) is 42.7 Å². The van der Waals surface area contributed by atoms with Crippen LogP contribution in [-0.4, -0.2) is 127 Å². The molecule has 0 atom stereocenters. The molecule has 8 aromatic carbocycles. The van der Waals surface area contributed by atoms with Crippen LogP contribution in [0.4, 0.5) is 93.4 Å². The molecule has 2 amide bonds. The van der Waals surface area contributed by atoms with E-state index in [-0.39, 0.29) is 250 Å². The topological polar surface area (TPSA) is 733 Å². The maximum absolute atomic E-state index is 12.2. The molecule has 0 aliphatic carbocycles. The van der Waals surface area contributed by atoms with Crippen molar-refractivity contribution in [3.05, 3.63) is 248 Å². The number of carbonyl (C=O) groups is 3. The Morgan fingerprint density at radius 3 is 1.39 bits per heavy atom. The zero-order chi connectivity index (χ0) is 104. The second-order valence-electron chi connectivity index (χ2n) is 25.8. The van der Waals surface area contributed by atoms with Gasteiger partial charge in [0, 0.05) is 40.9 Å². The van der Waals surface area contributed by atoms with Crippen LogP contribution in [0.15, 0.2) is 210 Å². The zero-order valence-corrected chi connectivity index (χ0v) is 91.5. The maximum Gasteiger partial charge on any atom is 1.00 e. The Labute approximate surface area is 969 Å². The molecule has 0 saturated heterocycles. The van der Waals surface area contributed by atoms with Crippen LogP contribution < -0.4 is 172 Å². The molecule has 0 unspecified atom stereocenters. The van der Waals surface area contributed by atoms with E-state index >= 15 is 0 Å². The fraction of sp³-hybridized carbons (Fsp3) is 0.0610. The Morgan fingerprint density at radius 2 is 0.939 bits per heavy atom. The number of hydrogen-bond acceptors (Lipinski definition) is 47. The van der Waals surface area contributed by atoms with Crippen LogP contribution in [0.1, 0.15) is 47.6 Å². The Morgan fingerprint density at radius 1 is 0.503 bits per heavy atom. The van der Waals surface area contributed by atoms with E-state index in [1.54, 1.807) is 117 Å². The van der Waals surface area contributed by atoms with Gasteiger partial charge < -0.3 is 58.4 Å². The third-order valence-electron chi connectivity index (χ3n) is 16.7. The molecule has 45 nitrogen and oxygen atoms in total. The first kappa shape index (κ1) is 134. The number of thiophene rings is 2. The molecule has 147 heavy (non-hydrogen) atoms. The number of ether oxygens (including phenoxy) is 1. The van der Waals surface area contributed by atoms with E-state index in [1.807, 2.05) is 30.3 Å². The molecule has 0 spiro atoms. The van der Waals surface area contributed by atoms with Crippen molar-refractivity contribution >= 4 is 293 Å². The molecule has 0 saturated carbocycles. The summed E-state index contributed by atoms with van der Waals surface area (Å²) >= 11 is 28.6.